The molecule has 0 aromatic carbocycles. The van der Waals surface area contributed by atoms with Crippen LogP contribution >= 0.6 is 11.6 Å². The fourth-order valence-electron chi connectivity index (χ4n) is 1.54. The van der Waals surface area contributed by atoms with E-state index in [0.29, 0.717) is 24.6 Å². The van der Waals surface area contributed by atoms with Crippen LogP contribution in [0, 0.1) is 0 Å². The molecule has 2 aromatic heterocycles. The highest BCUT2D eigenvalue weighted by Crippen LogP contribution is 2.09. The summed E-state index contributed by atoms with van der Waals surface area (Å²) in [6.45, 7) is 0.646. The molecule has 0 saturated heterocycles. The Balaban J connectivity index is 1.67. The van der Waals surface area contributed by atoms with Crippen LogP contribution in [0.5, 0.6) is 5.88 Å². The first-order valence-corrected chi connectivity index (χ1v) is 6.43. The van der Waals surface area contributed by atoms with E-state index >= 15 is 0 Å². The van der Waals surface area contributed by atoms with Gasteiger partial charge in [-0.05, 0) is 12.1 Å². The third-order valence-electron chi connectivity index (χ3n) is 2.51. The van der Waals surface area contributed by atoms with Crippen LogP contribution in [0.25, 0.3) is 0 Å². The van der Waals surface area contributed by atoms with Gasteiger partial charge in [-0.1, -0.05) is 11.6 Å². The molecular weight excluding hydrogens is 282 g/mol. The van der Waals surface area contributed by atoms with Gasteiger partial charge in [0.1, 0.15) is 5.69 Å². The van der Waals surface area contributed by atoms with E-state index < -0.39 is 0 Å². The van der Waals surface area contributed by atoms with Crippen molar-refractivity contribution in [1.29, 1.82) is 0 Å². The fourth-order valence-corrected chi connectivity index (χ4v) is 1.68. The SMILES string of the molecule is Cn1cccc1C(=O)OCCCOc1cncc(Cl)n1. The average molecular weight is 296 g/mol. The molecule has 20 heavy (non-hydrogen) atoms. The predicted molar refractivity (Wildman–Crippen MR) is 72.8 cm³/mol. The van der Waals surface area contributed by atoms with Gasteiger partial charge in [0.05, 0.1) is 25.6 Å². The molecule has 0 N–H and O–H groups in total. The molecule has 2 aromatic rings. The van der Waals surface area contributed by atoms with Crippen LogP contribution < -0.4 is 4.74 Å². The Morgan fingerprint density at radius 1 is 1.40 bits per heavy atom. The molecular formula is C13H14ClN3O3. The summed E-state index contributed by atoms with van der Waals surface area (Å²) < 4.78 is 12.2. The first-order valence-electron chi connectivity index (χ1n) is 6.05. The van der Waals surface area contributed by atoms with Crippen molar-refractivity contribution in [3.63, 3.8) is 0 Å². The summed E-state index contributed by atoms with van der Waals surface area (Å²) in [5.41, 5.74) is 0.520. The molecule has 0 aliphatic carbocycles. The van der Waals surface area contributed by atoms with Crippen LogP contribution in [0.3, 0.4) is 0 Å². The van der Waals surface area contributed by atoms with E-state index in [-0.39, 0.29) is 17.7 Å². The highest BCUT2D eigenvalue weighted by atomic mass is 35.5. The predicted octanol–water partition coefficient (Wildman–Crippen LogP) is 2.09. The molecule has 0 aliphatic rings. The van der Waals surface area contributed by atoms with E-state index in [2.05, 4.69) is 9.97 Å². The number of aryl methyl sites for hydroxylation is 1. The van der Waals surface area contributed by atoms with Crippen LogP contribution in [-0.4, -0.2) is 33.7 Å². The third-order valence-corrected chi connectivity index (χ3v) is 2.69. The Hall–Kier alpha value is -2.08. The first kappa shape index (κ1) is 14.3. The molecule has 6 nitrogen and oxygen atoms in total. The summed E-state index contributed by atoms with van der Waals surface area (Å²) >= 11 is 5.67. The third kappa shape index (κ3) is 3.96. The topological polar surface area (TPSA) is 66.2 Å². The van der Waals surface area contributed by atoms with Gasteiger partial charge >= 0.3 is 5.97 Å². The molecule has 0 aliphatic heterocycles. The van der Waals surface area contributed by atoms with Gasteiger partial charge in [-0.2, -0.15) is 4.98 Å². The molecule has 0 atom stereocenters. The lowest BCUT2D eigenvalue weighted by atomic mass is 10.4. The number of carbonyl (C=O) groups excluding carboxylic acids is 1. The second kappa shape index (κ2) is 6.91. The number of hydrogen-bond donors (Lipinski definition) is 0. The van der Waals surface area contributed by atoms with Gasteiger partial charge in [-0.25, -0.2) is 4.79 Å². The van der Waals surface area contributed by atoms with E-state index in [1.54, 1.807) is 29.9 Å². The Labute approximate surface area is 121 Å². The molecule has 0 saturated carbocycles. The van der Waals surface area contributed by atoms with Crippen molar-refractivity contribution in [3.8, 4) is 5.88 Å². The molecule has 7 heteroatoms. The maximum absolute atomic E-state index is 11.7. The zero-order valence-corrected chi connectivity index (χ0v) is 11.7. The first-order chi connectivity index (χ1) is 9.66. The van der Waals surface area contributed by atoms with Gasteiger partial charge in [0.25, 0.3) is 0 Å². The van der Waals surface area contributed by atoms with Crippen molar-refractivity contribution >= 4 is 17.6 Å². The van der Waals surface area contributed by atoms with Crippen molar-refractivity contribution in [2.75, 3.05) is 13.2 Å². The molecule has 0 radical (unpaired) electrons. The number of carbonyl (C=O) groups is 1. The smallest absolute Gasteiger partial charge is 0.354 e. The minimum atomic E-state index is -0.347. The van der Waals surface area contributed by atoms with Crippen molar-refractivity contribution in [1.82, 2.24) is 14.5 Å². The van der Waals surface area contributed by atoms with E-state index in [1.807, 2.05) is 0 Å². The lowest BCUT2D eigenvalue weighted by Gasteiger charge is -2.07. The number of ether oxygens (including phenoxy) is 2. The number of aromatic nitrogens is 3. The zero-order valence-electron chi connectivity index (χ0n) is 11.0. The summed E-state index contributed by atoms with van der Waals surface area (Å²) in [4.78, 5) is 19.5. The highest BCUT2D eigenvalue weighted by molar-refractivity contribution is 6.29. The zero-order chi connectivity index (χ0) is 14.4. The van der Waals surface area contributed by atoms with Crippen molar-refractivity contribution in [3.05, 3.63) is 41.6 Å². The molecule has 2 rings (SSSR count). The Bertz CT molecular complexity index is 586. The Kier molecular flexibility index (Phi) is 4.95. The van der Waals surface area contributed by atoms with Crippen molar-refractivity contribution in [2.24, 2.45) is 7.05 Å². The lowest BCUT2D eigenvalue weighted by Crippen LogP contribution is -2.12. The van der Waals surface area contributed by atoms with Gasteiger partial charge in [0.2, 0.25) is 5.88 Å². The van der Waals surface area contributed by atoms with Crippen LogP contribution in [0.1, 0.15) is 16.9 Å². The molecule has 0 fully saturated rings. The van der Waals surface area contributed by atoms with Crippen molar-refractivity contribution in [2.45, 2.75) is 6.42 Å². The minimum Gasteiger partial charge on any atom is -0.476 e. The van der Waals surface area contributed by atoms with Gasteiger partial charge in [-0.3, -0.25) is 4.98 Å². The summed E-state index contributed by atoms with van der Waals surface area (Å²) in [6.07, 6.45) is 5.25. The molecule has 0 unspecified atom stereocenters. The average Bonchev–Trinajstić information content (AvgIpc) is 2.84. The summed E-state index contributed by atoms with van der Waals surface area (Å²) in [5, 5.41) is 0.276. The maximum Gasteiger partial charge on any atom is 0.354 e. The van der Waals surface area contributed by atoms with Crippen molar-refractivity contribution < 1.29 is 14.3 Å². The standard InChI is InChI=1S/C13H14ClN3O3/c1-17-5-2-4-10(17)13(18)20-7-3-6-19-12-9-15-8-11(14)16-12/h2,4-5,8-9H,3,6-7H2,1H3. The van der Waals surface area contributed by atoms with Gasteiger partial charge in [0, 0.05) is 19.7 Å². The number of nitrogens with zero attached hydrogens (tertiary/aromatic N) is 3. The number of esters is 1. The quantitative estimate of drug-likeness (QED) is 0.603. The van der Waals surface area contributed by atoms with Gasteiger partial charge in [0.15, 0.2) is 5.15 Å². The summed E-state index contributed by atoms with van der Waals surface area (Å²) in [7, 11) is 1.79. The van der Waals surface area contributed by atoms with Crippen LogP contribution in [0.15, 0.2) is 30.7 Å². The van der Waals surface area contributed by atoms with E-state index in [0.717, 1.165) is 0 Å². The summed E-state index contributed by atoms with van der Waals surface area (Å²) in [5.74, 6) is 0.00584. The molecule has 2 heterocycles. The second-order valence-corrected chi connectivity index (χ2v) is 4.41. The molecule has 106 valence electrons. The highest BCUT2D eigenvalue weighted by Gasteiger charge is 2.09. The fraction of sp³-hybridized carbons (Fsp3) is 0.308. The second-order valence-electron chi connectivity index (χ2n) is 4.02. The van der Waals surface area contributed by atoms with Crippen LogP contribution in [0.4, 0.5) is 0 Å². The maximum atomic E-state index is 11.7. The van der Waals surface area contributed by atoms with Crippen LogP contribution in [0.2, 0.25) is 5.15 Å². The molecule has 0 amide bonds. The Morgan fingerprint density at radius 3 is 2.95 bits per heavy atom. The Morgan fingerprint density at radius 2 is 2.25 bits per heavy atom. The van der Waals surface area contributed by atoms with Gasteiger partial charge in [-0.15, -0.1) is 0 Å². The number of halogens is 1. The normalized spacial score (nSPS) is 10.3. The van der Waals surface area contributed by atoms with Gasteiger partial charge < -0.3 is 14.0 Å². The van der Waals surface area contributed by atoms with Crippen LogP contribution in [-0.2, 0) is 11.8 Å². The largest absolute Gasteiger partial charge is 0.476 e. The number of rotatable bonds is 6. The monoisotopic (exact) mass is 295 g/mol. The minimum absolute atomic E-state index is 0.276. The molecule has 0 bridgehead atoms. The lowest BCUT2D eigenvalue weighted by molar-refractivity contribution is 0.0474. The number of hydrogen-bond acceptors (Lipinski definition) is 5. The summed E-state index contributed by atoms with van der Waals surface area (Å²) in [6, 6.07) is 3.50. The van der Waals surface area contributed by atoms with E-state index in [4.69, 9.17) is 21.1 Å². The molecule has 0 spiro atoms. The van der Waals surface area contributed by atoms with E-state index in [9.17, 15) is 4.79 Å². The van der Waals surface area contributed by atoms with E-state index in [1.165, 1.54) is 12.4 Å².